The van der Waals surface area contributed by atoms with Crippen LogP contribution in [0.25, 0.3) is 11.2 Å². The molecule has 2 N–H and O–H groups in total. The minimum Gasteiger partial charge on any atom is -0.481 e. The second kappa shape index (κ2) is 9.44. The van der Waals surface area contributed by atoms with Gasteiger partial charge in [0.25, 0.3) is 0 Å². The lowest BCUT2D eigenvalue weighted by Crippen LogP contribution is -2.37. The lowest BCUT2D eigenvalue weighted by Gasteiger charge is -2.27. The highest BCUT2D eigenvalue weighted by Crippen LogP contribution is 2.28. The molecule has 0 saturated carbocycles. The van der Waals surface area contributed by atoms with Crippen molar-refractivity contribution in [2.75, 3.05) is 12.0 Å². The average molecular weight is 463 g/mol. The molecule has 4 aromatic rings. The Hall–Kier alpha value is -4.05. The van der Waals surface area contributed by atoms with Crippen LogP contribution in [0.3, 0.4) is 0 Å². The van der Waals surface area contributed by atoms with Crippen molar-refractivity contribution in [3.05, 3.63) is 71.9 Å². The molecular weight excluding hydrogens is 436 g/mol. The number of aliphatic hydroxyl groups excluding tert-OH is 1. The van der Waals surface area contributed by atoms with E-state index in [0.29, 0.717) is 34.0 Å². The summed E-state index contributed by atoms with van der Waals surface area (Å²) in [5.41, 5.74) is 2.40. The molecule has 1 atom stereocenters. The molecule has 0 bridgehead atoms. The van der Waals surface area contributed by atoms with E-state index >= 15 is 0 Å². The Morgan fingerprint density at radius 1 is 1.09 bits per heavy atom. The molecule has 4 aromatic heterocycles. The Morgan fingerprint density at radius 3 is 2.53 bits per heavy atom. The third kappa shape index (κ3) is 5.12. The van der Waals surface area contributed by atoms with Gasteiger partial charge in [0.15, 0.2) is 5.65 Å². The van der Waals surface area contributed by atoms with E-state index in [2.05, 4.69) is 24.9 Å². The fraction of sp³-hybridized carbons (Fsp3) is 0.292. The third-order valence-corrected chi connectivity index (χ3v) is 4.95. The first kappa shape index (κ1) is 23.1. The van der Waals surface area contributed by atoms with Crippen LogP contribution in [-0.2, 0) is 11.3 Å². The third-order valence-electron chi connectivity index (χ3n) is 4.95. The van der Waals surface area contributed by atoms with Gasteiger partial charge < -0.3 is 19.6 Å². The summed E-state index contributed by atoms with van der Waals surface area (Å²) in [5.74, 6) is 0.853. The van der Waals surface area contributed by atoms with Crippen LogP contribution in [0.2, 0.25) is 0 Å². The van der Waals surface area contributed by atoms with Gasteiger partial charge >= 0.3 is 6.09 Å². The standard InChI is InChI=1S/C24H26N6O4/c1-24(2,3)34-23(32)30(14-15-5-8-19(33-4)28-11-15)18-7-6-16(12-27-18)21(31)17-13-29-22-20(17)25-9-10-26-22/h5-13,21,31H,14H2,1-4H3,(H,26,29). The Bertz CT molecular complexity index is 1270. The number of fused-ring (bicyclic) bond motifs is 1. The van der Waals surface area contributed by atoms with Crippen molar-refractivity contribution in [1.29, 1.82) is 0 Å². The molecule has 176 valence electrons. The van der Waals surface area contributed by atoms with Gasteiger partial charge in [-0.05, 0) is 32.4 Å². The highest BCUT2D eigenvalue weighted by Gasteiger charge is 2.25. The first-order valence-corrected chi connectivity index (χ1v) is 10.7. The first-order valence-electron chi connectivity index (χ1n) is 10.7. The number of pyridine rings is 2. The molecule has 0 saturated heterocycles. The van der Waals surface area contributed by atoms with Crippen LogP contribution in [0.15, 0.2) is 55.2 Å². The highest BCUT2D eigenvalue weighted by molar-refractivity contribution is 5.86. The van der Waals surface area contributed by atoms with Gasteiger partial charge in [0.2, 0.25) is 5.88 Å². The fourth-order valence-corrected chi connectivity index (χ4v) is 3.34. The van der Waals surface area contributed by atoms with E-state index in [1.807, 2.05) is 6.07 Å². The first-order chi connectivity index (χ1) is 16.2. The zero-order valence-corrected chi connectivity index (χ0v) is 19.4. The SMILES string of the molecule is COc1ccc(CN(C(=O)OC(C)(C)C)c2ccc(C(O)c3c[nH]c4nccnc34)cn2)cn1. The smallest absolute Gasteiger partial charge is 0.416 e. The summed E-state index contributed by atoms with van der Waals surface area (Å²) in [6, 6.07) is 6.92. The van der Waals surface area contributed by atoms with E-state index in [1.165, 1.54) is 18.2 Å². The summed E-state index contributed by atoms with van der Waals surface area (Å²) < 4.78 is 10.7. The number of nitrogens with zero attached hydrogens (tertiary/aromatic N) is 5. The molecular formula is C24H26N6O4. The summed E-state index contributed by atoms with van der Waals surface area (Å²) in [5, 5.41) is 10.9. The van der Waals surface area contributed by atoms with Gasteiger partial charge in [0.1, 0.15) is 23.0 Å². The minimum absolute atomic E-state index is 0.193. The number of aliphatic hydroxyl groups is 1. The number of H-pyrrole nitrogens is 1. The van der Waals surface area contributed by atoms with Crippen molar-refractivity contribution in [2.45, 2.75) is 39.0 Å². The Labute approximate surface area is 196 Å². The van der Waals surface area contributed by atoms with Gasteiger partial charge in [-0.2, -0.15) is 0 Å². The number of carbonyl (C=O) groups is 1. The lowest BCUT2D eigenvalue weighted by molar-refractivity contribution is 0.0576. The summed E-state index contributed by atoms with van der Waals surface area (Å²) in [4.78, 5) is 34.5. The summed E-state index contributed by atoms with van der Waals surface area (Å²) in [6.45, 7) is 5.60. The monoisotopic (exact) mass is 462 g/mol. The minimum atomic E-state index is -0.965. The van der Waals surface area contributed by atoms with Gasteiger partial charge in [-0.3, -0.25) is 9.88 Å². The number of aromatic amines is 1. The van der Waals surface area contributed by atoms with E-state index in [-0.39, 0.29) is 6.54 Å². The van der Waals surface area contributed by atoms with Crippen LogP contribution in [0.4, 0.5) is 10.6 Å². The lowest BCUT2D eigenvalue weighted by atomic mass is 10.1. The predicted molar refractivity (Wildman–Crippen MR) is 125 cm³/mol. The number of hydrogen-bond acceptors (Lipinski definition) is 8. The number of amides is 1. The van der Waals surface area contributed by atoms with E-state index in [0.717, 1.165) is 5.56 Å². The molecule has 0 aliphatic carbocycles. The largest absolute Gasteiger partial charge is 0.481 e. The van der Waals surface area contributed by atoms with Crippen molar-refractivity contribution >= 4 is 23.1 Å². The van der Waals surface area contributed by atoms with Crippen LogP contribution >= 0.6 is 0 Å². The predicted octanol–water partition coefficient (Wildman–Crippen LogP) is 3.78. The van der Waals surface area contributed by atoms with Crippen LogP contribution < -0.4 is 9.64 Å². The maximum atomic E-state index is 13.0. The molecule has 1 unspecified atom stereocenters. The van der Waals surface area contributed by atoms with E-state index in [9.17, 15) is 9.90 Å². The fourth-order valence-electron chi connectivity index (χ4n) is 3.34. The van der Waals surface area contributed by atoms with Crippen LogP contribution in [-0.4, -0.2) is 48.8 Å². The Morgan fingerprint density at radius 2 is 1.88 bits per heavy atom. The van der Waals surface area contributed by atoms with Crippen LogP contribution in [0.5, 0.6) is 5.88 Å². The van der Waals surface area contributed by atoms with Gasteiger partial charge in [-0.15, -0.1) is 0 Å². The maximum absolute atomic E-state index is 13.0. The topological polar surface area (TPSA) is 126 Å². The second-order valence-corrected chi connectivity index (χ2v) is 8.63. The van der Waals surface area contributed by atoms with Crippen molar-refractivity contribution < 1.29 is 19.4 Å². The molecule has 0 fully saturated rings. The number of anilines is 1. The molecule has 1 amide bonds. The molecule has 0 aliphatic rings. The number of nitrogens with one attached hydrogen (secondary N) is 1. The summed E-state index contributed by atoms with van der Waals surface area (Å²) in [6.07, 6.45) is 6.47. The second-order valence-electron chi connectivity index (χ2n) is 8.63. The van der Waals surface area contributed by atoms with Crippen molar-refractivity contribution in [3.63, 3.8) is 0 Å². The molecule has 0 radical (unpaired) electrons. The molecule has 4 rings (SSSR count). The number of carbonyl (C=O) groups excluding carboxylic acids is 1. The Balaban J connectivity index is 1.61. The Kier molecular flexibility index (Phi) is 6.42. The molecule has 10 heteroatoms. The molecule has 0 aromatic carbocycles. The van der Waals surface area contributed by atoms with Gasteiger partial charge in [0.05, 0.1) is 13.7 Å². The highest BCUT2D eigenvalue weighted by atomic mass is 16.6. The number of rotatable bonds is 6. The van der Waals surface area contributed by atoms with Gasteiger partial charge in [0, 0.05) is 48.2 Å². The molecule has 34 heavy (non-hydrogen) atoms. The van der Waals surface area contributed by atoms with Gasteiger partial charge in [-0.1, -0.05) is 12.1 Å². The molecule has 4 heterocycles. The number of methoxy groups -OCH3 is 1. The molecule has 10 nitrogen and oxygen atoms in total. The van der Waals surface area contributed by atoms with Gasteiger partial charge in [-0.25, -0.2) is 19.7 Å². The summed E-state index contributed by atoms with van der Waals surface area (Å²) in [7, 11) is 1.54. The number of hydrogen-bond donors (Lipinski definition) is 2. The summed E-state index contributed by atoms with van der Waals surface area (Å²) >= 11 is 0. The van der Waals surface area contributed by atoms with E-state index in [1.54, 1.807) is 63.8 Å². The zero-order valence-electron chi connectivity index (χ0n) is 19.4. The van der Waals surface area contributed by atoms with E-state index in [4.69, 9.17) is 9.47 Å². The maximum Gasteiger partial charge on any atom is 0.416 e. The number of aromatic nitrogens is 5. The number of ether oxygens (including phenoxy) is 2. The van der Waals surface area contributed by atoms with Crippen LogP contribution in [0, 0.1) is 0 Å². The quantitative estimate of drug-likeness (QED) is 0.443. The van der Waals surface area contributed by atoms with Crippen molar-refractivity contribution in [1.82, 2.24) is 24.9 Å². The normalized spacial score (nSPS) is 12.4. The van der Waals surface area contributed by atoms with Crippen LogP contribution in [0.1, 0.15) is 43.6 Å². The van der Waals surface area contributed by atoms with E-state index < -0.39 is 17.8 Å². The van der Waals surface area contributed by atoms with Crippen molar-refractivity contribution in [2.24, 2.45) is 0 Å². The average Bonchev–Trinajstić information content (AvgIpc) is 3.26. The zero-order chi connectivity index (χ0) is 24.3. The van der Waals surface area contributed by atoms with Crippen molar-refractivity contribution in [3.8, 4) is 5.88 Å². The molecule has 0 aliphatic heterocycles. The molecule has 0 spiro atoms.